The molecule has 1 N–H and O–H groups in total. The van der Waals surface area contributed by atoms with Crippen LogP contribution < -0.4 is 10.9 Å². The van der Waals surface area contributed by atoms with Gasteiger partial charge in [-0.3, -0.25) is 14.2 Å². The van der Waals surface area contributed by atoms with E-state index in [9.17, 15) is 14.0 Å². The van der Waals surface area contributed by atoms with Crippen LogP contribution in [-0.4, -0.2) is 26.2 Å². The quantitative estimate of drug-likeness (QED) is 0.329. The molecule has 2 heterocycles. The summed E-state index contributed by atoms with van der Waals surface area (Å²) >= 11 is 2.51. The molecule has 2 aromatic heterocycles. The fourth-order valence-electron chi connectivity index (χ4n) is 3.05. The van der Waals surface area contributed by atoms with Crippen LogP contribution in [0.4, 0.5) is 9.52 Å². The molecule has 0 atom stereocenters. The number of hydrogen-bond donors (Lipinski definition) is 1. The normalized spacial score (nSPS) is 11.2. The lowest BCUT2D eigenvalue weighted by molar-refractivity contribution is -0.113. The third-order valence-electron chi connectivity index (χ3n) is 4.51. The Morgan fingerprint density at radius 1 is 1.16 bits per heavy atom. The molecule has 0 aliphatic carbocycles. The Bertz CT molecular complexity index is 1300. The number of aromatic nitrogens is 3. The Morgan fingerprint density at radius 3 is 2.65 bits per heavy atom. The standard InChI is InChI=1S/C22H19FN4O2S2/c1-13(2)27-20(29)16-5-3-4-6-17(16)25-22(27)31-12-19(28)26-21-24-18(11-30-21)14-7-9-15(23)10-8-14/h3-11,13H,12H2,1-2H3,(H,24,26,28). The van der Waals surface area contributed by atoms with Gasteiger partial charge in [-0.1, -0.05) is 23.9 Å². The molecule has 4 aromatic rings. The van der Waals surface area contributed by atoms with Crippen LogP contribution in [0.1, 0.15) is 19.9 Å². The van der Waals surface area contributed by atoms with Gasteiger partial charge in [-0.25, -0.2) is 14.4 Å². The molecule has 0 bridgehead atoms. The van der Waals surface area contributed by atoms with Crippen molar-refractivity contribution in [3.05, 3.63) is 70.1 Å². The minimum atomic E-state index is -0.313. The first kappa shape index (κ1) is 21.2. The molecule has 0 unspecified atom stereocenters. The molecule has 0 fully saturated rings. The van der Waals surface area contributed by atoms with Gasteiger partial charge in [-0.05, 0) is 50.2 Å². The van der Waals surface area contributed by atoms with Crippen LogP contribution >= 0.6 is 23.1 Å². The summed E-state index contributed by atoms with van der Waals surface area (Å²) in [7, 11) is 0. The van der Waals surface area contributed by atoms with Crippen LogP contribution in [0.15, 0.2) is 63.9 Å². The SMILES string of the molecule is CC(C)n1c(SCC(=O)Nc2nc(-c3ccc(F)cc3)cs2)nc2ccccc2c1=O. The van der Waals surface area contributed by atoms with Gasteiger partial charge in [0.15, 0.2) is 10.3 Å². The smallest absolute Gasteiger partial charge is 0.262 e. The van der Waals surface area contributed by atoms with Crippen LogP contribution in [0.3, 0.4) is 0 Å². The summed E-state index contributed by atoms with van der Waals surface area (Å²) in [4.78, 5) is 34.3. The van der Waals surface area contributed by atoms with Crippen LogP contribution in [-0.2, 0) is 4.79 Å². The highest BCUT2D eigenvalue weighted by Crippen LogP contribution is 2.26. The Hall–Kier alpha value is -3.04. The zero-order valence-electron chi connectivity index (χ0n) is 16.8. The van der Waals surface area contributed by atoms with Gasteiger partial charge >= 0.3 is 0 Å². The maximum atomic E-state index is 13.1. The molecule has 6 nitrogen and oxygen atoms in total. The summed E-state index contributed by atoms with van der Waals surface area (Å²) in [6.45, 7) is 3.82. The maximum absolute atomic E-state index is 13.1. The van der Waals surface area contributed by atoms with Crippen molar-refractivity contribution < 1.29 is 9.18 Å². The molecule has 0 spiro atoms. The van der Waals surface area contributed by atoms with Gasteiger partial charge in [-0.2, -0.15) is 0 Å². The van der Waals surface area contributed by atoms with Crippen molar-refractivity contribution in [3.8, 4) is 11.3 Å². The first-order chi connectivity index (χ1) is 14.9. The molecule has 9 heteroatoms. The number of amides is 1. The summed E-state index contributed by atoms with van der Waals surface area (Å²) in [5, 5.41) is 6.09. The van der Waals surface area contributed by atoms with Crippen LogP contribution in [0, 0.1) is 5.82 Å². The number of benzene rings is 2. The number of thioether (sulfide) groups is 1. The number of carbonyl (C=O) groups is 1. The third kappa shape index (κ3) is 4.67. The largest absolute Gasteiger partial charge is 0.301 e. The van der Waals surface area contributed by atoms with Crippen LogP contribution in [0.5, 0.6) is 0 Å². The zero-order valence-corrected chi connectivity index (χ0v) is 18.5. The van der Waals surface area contributed by atoms with Gasteiger partial charge in [0.05, 0.1) is 22.3 Å². The molecule has 1 amide bonds. The molecule has 0 aliphatic heterocycles. The topological polar surface area (TPSA) is 76.9 Å². The third-order valence-corrected chi connectivity index (χ3v) is 6.23. The van der Waals surface area contributed by atoms with E-state index in [-0.39, 0.29) is 29.1 Å². The summed E-state index contributed by atoms with van der Waals surface area (Å²) in [6, 6.07) is 13.1. The van der Waals surface area contributed by atoms with E-state index in [2.05, 4.69) is 15.3 Å². The van der Waals surface area contributed by atoms with Crippen molar-refractivity contribution in [2.24, 2.45) is 0 Å². The van der Waals surface area contributed by atoms with Gasteiger partial charge < -0.3 is 5.32 Å². The average Bonchev–Trinajstić information content (AvgIpc) is 3.21. The van der Waals surface area contributed by atoms with Gasteiger partial charge in [0, 0.05) is 17.0 Å². The predicted octanol–water partition coefficient (Wildman–Crippen LogP) is 4.97. The van der Waals surface area contributed by atoms with E-state index >= 15 is 0 Å². The van der Waals surface area contributed by atoms with Crippen LogP contribution in [0.25, 0.3) is 22.2 Å². The van der Waals surface area contributed by atoms with E-state index < -0.39 is 0 Å². The molecular weight excluding hydrogens is 435 g/mol. The van der Waals surface area contributed by atoms with E-state index in [0.29, 0.717) is 26.9 Å². The molecule has 4 rings (SSSR count). The number of thiazole rings is 1. The number of nitrogens with zero attached hydrogens (tertiary/aromatic N) is 3. The minimum Gasteiger partial charge on any atom is -0.301 e. The summed E-state index contributed by atoms with van der Waals surface area (Å²) in [5.41, 5.74) is 1.93. The second-order valence-corrected chi connectivity index (χ2v) is 8.86. The first-order valence-corrected chi connectivity index (χ1v) is 11.4. The molecule has 0 saturated carbocycles. The van der Waals surface area contributed by atoms with Gasteiger partial charge in [-0.15, -0.1) is 11.3 Å². The summed E-state index contributed by atoms with van der Waals surface area (Å²) < 4.78 is 14.7. The Kier molecular flexibility index (Phi) is 6.15. The van der Waals surface area contributed by atoms with Crippen molar-refractivity contribution in [3.63, 3.8) is 0 Å². The number of carbonyl (C=O) groups excluding carboxylic acids is 1. The highest BCUT2D eigenvalue weighted by molar-refractivity contribution is 7.99. The minimum absolute atomic E-state index is 0.0863. The molecule has 2 aromatic carbocycles. The lowest BCUT2D eigenvalue weighted by Gasteiger charge is -2.15. The Morgan fingerprint density at radius 2 is 1.90 bits per heavy atom. The highest BCUT2D eigenvalue weighted by atomic mass is 32.2. The van der Waals surface area contributed by atoms with Crippen molar-refractivity contribution in [2.75, 3.05) is 11.1 Å². The Labute approximate surface area is 186 Å². The van der Waals surface area contributed by atoms with Crippen molar-refractivity contribution >= 4 is 45.0 Å². The number of anilines is 1. The zero-order chi connectivity index (χ0) is 22.0. The molecule has 0 aliphatic rings. The average molecular weight is 455 g/mol. The fourth-order valence-corrected chi connectivity index (χ4v) is 4.72. The van der Waals surface area contributed by atoms with E-state index in [0.717, 1.165) is 5.56 Å². The lowest BCUT2D eigenvalue weighted by atomic mass is 10.2. The lowest BCUT2D eigenvalue weighted by Crippen LogP contribution is -2.25. The molecule has 158 valence electrons. The van der Waals surface area contributed by atoms with Gasteiger partial charge in [0.2, 0.25) is 5.91 Å². The molecule has 0 saturated heterocycles. The number of para-hydroxylation sites is 1. The number of fused-ring (bicyclic) bond motifs is 1. The molecular formula is C22H19FN4O2S2. The summed E-state index contributed by atoms with van der Waals surface area (Å²) in [5.74, 6) is -0.474. The fraction of sp³-hybridized carbons (Fsp3) is 0.182. The van der Waals surface area contributed by atoms with E-state index in [4.69, 9.17) is 0 Å². The second kappa shape index (κ2) is 8.99. The second-order valence-electron chi connectivity index (χ2n) is 7.06. The molecule has 0 radical (unpaired) electrons. The van der Waals surface area contributed by atoms with Crippen LogP contribution in [0.2, 0.25) is 0 Å². The first-order valence-electron chi connectivity index (χ1n) is 9.58. The monoisotopic (exact) mass is 454 g/mol. The number of nitrogens with one attached hydrogen (secondary N) is 1. The summed E-state index contributed by atoms with van der Waals surface area (Å²) in [6.07, 6.45) is 0. The Balaban J connectivity index is 1.48. The number of halogens is 1. The van der Waals surface area contributed by atoms with Crippen molar-refractivity contribution in [1.29, 1.82) is 0 Å². The predicted molar refractivity (Wildman–Crippen MR) is 123 cm³/mol. The maximum Gasteiger partial charge on any atom is 0.262 e. The van der Waals surface area contributed by atoms with Crippen molar-refractivity contribution in [1.82, 2.24) is 14.5 Å². The van der Waals surface area contributed by atoms with E-state index in [1.165, 1.54) is 35.2 Å². The highest BCUT2D eigenvalue weighted by Gasteiger charge is 2.16. The number of rotatable bonds is 6. The van der Waals surface area contributed by atoms with Crippen molar-refractivity contribution in [2.45, 2.75) is 25.0 Å². The van der Waals surface area contributed by atoms with E-state index in [1.807, 2.05) is 26.0 Å². The van der Waals surface area contributed by atoms with Gasteiger partial charge in [0.1, 0.15) is 5.82 Å². The van der Waals surface area contributed by atoms with Gasteiger partial charge in [0.25, 0.3) is 5.56 Å². The number of hydrogen-bond acceptors (Lipinski definition) is 6. The van der Waals surface area contributed by atoms with E-state index in [1.54, 1.807) is 34.2 Å². The molecule has 31 heavy (non-hydrogen) atoms.